The molecule has 4 aromatic rings. The van der Waals surface area contributed by atoms with E-state index in [1.54, 1.807) is 6.20 Å². The van der Waals surface area contributed by atoms with Crippen LogP contribution in [-0.4, -0.2) is 16.0 Å². The molecule has 128 valence electrons. The molecule has 0 radical (unpaired) electrons. The average molecular weight is 360 g/mol. The van der Waals surface area contributed by atoms with E-state index >= 15 is 0 Å². The highest BCUT2D eigenvalue weighted by Gasteiger charge is 2.08. The summed E-state index contributed by atoms with van der Waals surface area (Å²) in [5.74, 6) is 0. The summed E-state index contributed by atoms with van der Waals surface area (Å²) >= 11 is 1.53. The third-order valence-electron chi connectivity index (χ3n) is 3.90. The monoisotopic (exact) mass is 360 g/mol. The summed E-state index contributed by atoms with van der Waals surface area (Å²) < 4.78 is 0. The fourth-order valence-corrected chi connectivity index (χ4v) is 3.40. The van der Waals surface area contributed by atoms with Crippen molar-refractivity contribution < 1.29 is 4.79 Å². The molecule has 2 N–H and O–H groups in total. The number of fused-ring (bicyclic) bond motifs is 1. The van der Waals surface area contributed by atoms with Crippen LogP contribution in [0.3, 0.4) is 0 Å². The highest BCUT2D eigenvalue weighted by Crippen LogP contribution is 2.22. The summed E-state index contributed by atoms with van der Waals surface area (Å²) in [5.41, 5.74) is 3.45. The zero-order valence-corrected chi connectivity index (χ0v) is 14.7. The van der Waals surface area contributed by atoms with E-state index in [1.165, 1.54) is 11.3 Å². The van der Waals surface area contributed by atoms with Crippen molar-refractivity contribution in [1.29, 1.82) is 0 Å². The van der Waals surface area contributed by atoms with E-state index in [0.717, 1.165) is 27.2 Å². The number of nitrogens with zero attached hydrogens (tertiary/aromatic N) is 2. The molecule has 2 aromatic heterocycles. The Hall–Kier alpha value is -3.25. The number of hydrogen-bond acceptors (Lipinski definition) is 4. The number of carbonyl (C=O) groups excluding carboxylic acids is 1. The van der Waals surface area contributed by atoms with E-state index in [9.17, 15) is 4.79 Å². The molecular formula is C20H16N4OS. The summed E-state index contributed by atoms with van der Waals surface area (Å²) in [6.45, 7) is 0.377. The highest BCUT2D eigenvalue weighted by atomic mass is 32.1. The molecule has 2 amide bonds. The Kier molecular flexibility index (Phi) is 4.57. The van der Waals surface area contributed by atoms with Crippen LogP contribution in [0.1, 0.15) is 5.01 Å². The minimum Gasteiger partial charge on any atom is -0.331 e. The Balaban J connectivity index is 1.41. The van der Waals surface area contributed by atoms with Gasteiger partial charge >= 0.3 is 6.03 Å². The van der Waals surface area contributed by atoms with Gasteiger partial charge in [-0.1, -0.05) is 48.5 Å². The Morgan fingerprint density at radius 1 is 1.00 bits per heavy atom. The van der Waals surface area contributed by atoms with E-state index < -0.39 is 0 Å². The van der Waals surface area contributed by atoms with Gasteiger partial charge in [0.1, 0.15) is 5.01 Å². The normalized spacial score (nSPS) is 10.6. The number of hydrogen-bond donors (Lipinski definition) is 2. The second-order valence-electron chi connectivity index (χ2n) is 5.68. The van der Waals surface area contributed by atoms with Gasteiger partial charge in [-0.05, 0) is 12.1 Å². The molecule has 4 rings (SSSR count). The molecule has 0 spiro atoms. The molecule has 0 fully saturated rings. The van der Waals surface area contributed by atoms with Crippen LogP contribution in [0.5, 0.6) is 0 Å². The van der Waals surface area contributed by atoms with Crippen LogP contribution in [0.15, 0.2) is 72.2 Å². The van der Waals surface area contributed by atoms with E-state index in [0.29, 0.717) is 12.2 Å². The van der Waals surface area contributed by atoms with Gasteiger partial charge in [0.05, 0.1) is 23.4 Å². The van der Waals surface area contributed by atoms with Crippen molar-refractivity contribution >= 4 is 34.0 Å². The van der Waals surface area contributed by atoms with Crippen molar-refractivity contribution in [3.63, 3.8) is 0 Å². The van der Waals surface area contributed by atoms with Crippen LogP contribution in [0.25, 0.3) is 22.2 Å². The number of rotatable bonds is 4. The van der Waals surface area contributed by atoms with Gasteiger partial charge in [0, 0.05) is 22.5 Å². The number of pyridine rings is 1. The first-order valence-electron chi connectivity index (χ1n) is 8.18. The minimum atomic E-state index is -0.278. The first-order valence-corrected chi connectivity index (χ1v) is 9.06. The van der Waals surface area contributed by atoms with E-state index in [-0.39, 0.29) is 6.03 Å². The fraction of sp³-hybridized carbons (Fsp3) is 0.0500. The number of aromatic nitrogens is 2. The second kappa shape index (κ2) is 7.33. The van der Waals surface area contributed by atoms with Crippen LogP contribution in [0.2, 0.25) is 0 Å². The Bertz CT molecular complexity index is 1040. The first kappa shape index (κ1) is 16.2. The van der Waals surface area contributed by atoms with Gasteiger partial charge in [-0.25, -0.2) is 9.78 Å². The predicted molar refractivity (Wildman–Crippen MR) is 105 cm³/mol. The Morgan fingerprint density at radius 2 is 1.85 bits per heavy atom. The molecule has 5 nitrogen and oxygen atoms in total. The van der Waals surface area contributed by atoms with Crippen molar-refractivity contribution in [3.8, 4) is 11.3 Å². The number of nitrogens with one attached hydrogen (secondary N) is 2. The molecule has 0 aliphatic heterocycles. The molecule has 0 aliphatic carbocycles. The second-order valence-corrected chi connectivity index (χ2v) is 6.62. The molecule has 0 saturated heterocycles. The number of benzene rings is 2. The minimum absolute atomic E-state index is 0.278. The summed E-state index contributed by atoms with van der Waals surface area (Å²) in [4.78, 5) is 21.1. The Morgan fingerprint density at radius 3 is 2.73 bits per heavy atom. The summed E-state index contributed by atoms with van der Waals surface area (Å²) in [5, 5.41) is 9.54. The first-order chi connectivity index (χ1) is 12.8. The number of carbonyl (C=O) groups is 1. The van der Waals surface area contributed by atoms with Gasteiger partial charge in [0.25, 0.3) is 0 Å². The molecule has 26 heavy (non-hydrogen) atoms. The third kappa shape index (κ3) is 3.55. The fourth-order valence-electron chi connectivity index (χ4n) is 2.66. The van der Waals surface area contributed by atoms with Crippen molar-refractivity contribution in [2.24, 2.45) is 0 Å². The average Bonchev–Trinajstić information content (AvgIpc) is 3.17. The topological polar surface area (TPSA) is 66.9 Å². The van der Waals surface area contributed by atoms with E-state index in [4.69, 9.17) is 0 Å². The van der Waals surface area contributed by atoms with Gasteiger partial charge < -0.3 is 10.6 Å². The summed E-state index contributed by atoms with van der Waals surface area (Å²) in [6.07, 6.45) is 1.71. The van der Waals surface area contributed by atoms with Crippen LogP contribution < -0.4 is 10.6 Å². The number of urea groups is 1. The molecular weight excluding hydrogens is 344 g/mol. The third-order valence-corrected chi connectivity index (χ3v) is 4.75. The van der Waals surface area contributed by atoms with Gasteiger partial charge in [0.15, 0.2) is 0 Å². The van der Waals surface area contributed by atoms with Crippen molar-refractivity contribution in [3.05, 3.63) is 77.2 Å². The largest absolute Gasteiger partial charge is 0.331 e. The SMILES string of the molecule is O=C(NCc1nc(-c2ccccc2)cs1)Nc1cccc2cccnc12. The summed E-state index contributed by atoms with van der Waals surface area (Å²) in [7, 11) is 0. The van der Waals surface area contributed by atoms with Crippen LogP contribution in [-0.2, 0) is 6.54 Å². The number of amides is 2. The quantitative estimate of drug-likeness (QED) is 0.555. The Labute approximate surface area is 154 Å². The van der Waals surface area contributed by atoms with Crippen LogP contribution >= 0.6 is 11.3 Å². The molecule has 0 saturated carbocycles. The molecule has 2 heterocycles. The van der Waals surface area contributed by atoms with Crippen molar-refractivity contribution in [2.45, 2.75) is 6.54 Å². The lowest BCUT2D eigenvalue weighted by Crippen LogP contribution is -2.28. The van der Waals surface area contributed by atoms with Crippen molar-refractivity contribution in [1.82, 2.24) is 15.3 Å². The molecule has 2 aromatic carbocycles. The van der Waals surface area contributed by atoms with Gasteiger partial charge in [-0.15, -0.1) is 11.3 Å². The number of anilines is 1. The van der Waals surface area contributed by atoms with Crippen LogP contribution in [0.4, 0.5) is 10.5 Å². The lowest BCUT2D eigenvalue weighted by molar-refractivity contribution is 0.252. The zero-order valence-electron chi connectivity index (χ0n) is 13.8. The lowest BCUT2D eigenvalue weighted by Gasteiger charge is -2.08. The van der Waals surface area contributed by atoms with Crippen LogP contribution in [0, 0.1) is 0 Å². The number of thiazole rings is 1. The summed E-state index contributed by atoms with van der Waals surface area (Å²) in [6, 6.07) is 19.2. The molecule has 0 bridgehead atoms. The van der Waals surface area contributed by atoms with Crippen molar-refractivity contribution in [2.75, 3.05) is 5.32 Å². The molecule has 6 heteroatoms. The van der Waals surface area contributed by atoms with E-state index in [1.807, 2.05) is 66.0 Å². The predicted octanol–water partition coefficient (Wildman–Crippen LogP) is 4.68. The number of para-hydroxylation sites is 1. The van der Waals surface area contributed by atoms with Gasteiger partial charge in [-0.3, -0.25) is 4.98 Å². The highest BCUT2D eigenvalue weighted by molar-refractivity contribution is 7.09. The van der Waals surface area contributed by atoms with E-state index in [2.05, 4.69) is 20.6 Å². The maximum absolute atomic E-state index is 12.2. The molecule has 0 atom stereocenters. The lowest BCUT2D eigenvalue weighted by atomic mass is 10.2. The standard InChI is InChI=1S/C20H16N4OS/c25-20(24-16-10-4-8-15-9-5-11-21-19(15)16)22-12-18-23-17(13-26-18)14-6-2-1-3-7-14/h1-11,13H,12H2,(H2,22,24,25). The zero-order chi connectivity index (χ0) is 17.8. The maximum atomic E-state index is 12.2. The maximum Gasteiger partial charge on any atom is 0.319 e. The molecule has 0 aliphatic rings. The molecule has 0 unspecified atom stereocenters. The van der Waals surface area contributed by atoms with Gasteiger partial charge in [0.2, 0.25) is 0 Å². The van der Waals surface area contributed by atoms with Gasteiger partial charge in [-0.2, -0.15) is 0 Å². The smallest absolute Gasteiger partial charge is 0.319 e.